The highest BCUT2D eigenvalue weighted by molar-refractivity contribution is 9.10. The zero-order chi connectivity index (χ0) is 15.4. The normalized spacial score (nSPS) is 21.8. The van der Waals surface area contributed by atoms with Gasteiger partial charge in [0.1, 0.15) is 5.75 Å². The Bertz CT molecular complexity index is 513. The van der Waals surface area contributed by atoms with Crippen molar-refractivity contribution < 1.29 is 9.53 Å². The van der Waals surface area contributed by atoms with Crippen LogP contribution in [0.1, 0.15) is 44.2 Å². The summed E-state index contributed by atoms with van der Waals surface area (Å²) in [5.41, 5.74) is 7.07. The molecule has 1 aliphatic rings. The fourth-order valence-corrected chi connectivity index (χ4v) is 3.45. The van der Waals surface area contributed by atoms with Gasteiger partial charge in [0.25, 0.3) is 0 Å². The van der Waals surface area contributed by atoms with Crippen molar-refractivity contribution in [3.8, 4) is 5.75 Å². The molecule has 1 saturated carbocycles. The molecule has 1 amide bonds. The highest BCUT2D eigenvalue weighted by Crippen LogP contribution is 2.29. The van der Waals surface area contributed by atoms with Crippen molar-refractivity contribution in [2.45, 2.75) is 44.7 Å². The first-order valence-corrected chi connectivity index (χ1v) is 8.19. The van der Waals surface area contributed by atoms with E-state index in [9.17, 15) is 4.79 Å². The standard InChI is InChI=1S/C16H23BrN2O2.ClH/c1-10(11-6-7-15(21-2)13(17)8-11)19-16(20)9-12-4-3-5-14(12)18;/h6-8,10,12,14H,3-5,9,18H2,1-2H3,(H,19,20);1H/t10?,12-,14+;/m0./s1. The van der Waals surface area contributed by atoms with E-state index in [0.29, 0.717) is 12.3 Å². The van der Waals surface area contributed by atoms with Crippen molar-refractivity contribution in [3.05, 3.63) is 28.2 Å². The molecule has 4 nitrogen and oxygen atoms in total. The molecule has 0 aromatic heterocycles. The molecule has 3 atom stereocenters. The van der Waals surface area contributed by atoms with Gasteiger partial charge >= 0.3 is 0 Å². The van der Waals surface area contributed by atoms with Crippen LogP contribution in [0, 0.1) is 5.92 Å². The second-order valence-electron chi connectivity index (χ2n) is 5.74. The van der Waals surface area contributed by atoms with Gasteiger partial charge in [-0.1, -0.05) is 12.5 Å². The summed E-state index contributed by atoms with van der Waals surface area (Å²) in [7, 11) is 1.63. The van der Waals surface area contributed by atoms with Crippen molar-refractivity contribution >= 4 is 34.2 Å². The summed E-state index contributed by atoms with van der Waals surface area (Å²) in [4.78, 5) is 12.1. The summed E-state index contributed by atoms with van der Waals surface area (Å²) < 4.78 is 6.10. The Morgan fingerprint density at radius 2 is 2.23 bits per heavy atom. The number of amides is 1. The number of halogens is 2. The summed E-state index contributed by atoms with van der Waals surface area (Å²) in [6.07, 6.45) is 3.78. The molecule has 1 aromatic rings. The van der Waals surface area contributed by atoms with Gasteiger partial charge in [-0.15, -0.1) is 12.4 Å². The van der Waals surface area contributed by atoms with Crippen LogP contribution in [-0.2, 0) is 4.79 Å². The summed E-state index contributed by atoms with van der Waals surface area (Å²) in [5.74, 6) is 1.20. The fourth-order valence-electron chi connectivity index (χ4n) is 2.89. The number of carbonyl (C=O) groups is 1. The van der Waals surface area contributed by atoms with Crippen LogP contribution in [0.2, 0.25) is 0 Å². The van der Waals surface area contributed by atoms with E-state index in [4.69, 9.17) is 10.5 Å². The van der Waals surface area contributed by atoms with Gasteiger partial charge in [-0.2, -0.15) is 0 Å². The quantitative estimate of drug-likeness (QED) is 0.806. The third-order valence-corrected chi connectivity index (χ3v) is 4.84. The van der Waals surface area contributed by atoms with Crippen molar-refractivity contribution in [2.24, 2.45) is 11.7 Å². The summed E-state index contributed by atoms with van der Waals surface area (Å²) in [5, 5.41) is 3.05. The molecule has 2 rings (SSSR count). The van der Waals surface area contributed by atoms with E-state index in [1.165, 1.54) is 0 Å². The Morgan fingerprint density at radius 3 is 2.77 bits per heavy atom. The third kappa shape index (κ3) is 4.86. The lowest BCUT2D eigenvalue weighted by Gasteiger charge is -2.19. The summed E-state index contributed by atoms with van der Waals surface area (Å²) in [6.45, 7) is 1.99. The van der Waals surface area contributed by atoms with E-state index in [2.05, 4.69) is 21.2 Å². The zero-order valence-corrected chi connectivity index (χ0v) is 15.4. The molecular weight excluding hydrogens is 368 g/mol. The number of hydrogen-bond acceptors (Lipinski definition) is 3. The number of methoxy groups -OCH3 is 1. The molecule has 0 bridgehead atoms. The number of hydrogen-bond donors (Lipinski definition) is 2. The van der Waals surface area contributed by atoms with E-state index >= 15 is 0 Å². The van der Waals surface area contributed by atoms with Crippen LogP contribution in [0.3, 0.4) is 0 Å². The Labute approximate surface area is 146 Å². The second kappa shape index (κ2) is 8.75. The summed E-state index contributed by atoms with van der Waals surface area (Å²) >= 11 is 3.47. The lowest BCUT2D eigenvalue weighted by Crippen LogP contribution is -2.32. The van der Waals surface area contributed by atoms with Crippen molar-refractivity contribution in [1.29, 1.82) is 0 Å². The van der Waals surface area contributed by atoms with Crippen LogP contribution in [0.15, 0.2) is 22.7 Å². The molecule has 124 valence electrons. The first-order valence-electron chi connectivity index (χ1n) is 7.39. The van der Waals surface area contributed by atoms with Gasteiger partial charge in [0, 0.05) is 12.5 Å². The molecule has 1 aliphatic carbocycles. The smallest absolute Gasteiger partial charge is 0.220 e. The van der Waals surface area contributed by atoms with Gasteiger partial charge < -0.3 is 15.8 Å². The minimum Gasteiger partial charge on any atom is -0.496 e. The highest BCUT2D eigenvalue weighted by atomic mass is 79.9. The van der Waals surface area contributed by atoms with Crippen LogP contribution in [0.4, 0.5) is 0 Å². The highest BCUT2D eigenvalue weighted by Gasteiger charge is 2.26. The molecule has 1 aromatic carbocycles. The monoisotopic (exact) mass is 390 g/mol. The average Bonchev–Trinajstić information content (AvgIpc) is 2.84. The maximum atomic E-state index is 12.1. The van der Waals surface area contributed by atoms with Gasteiger partial charge in [0.05, 0.1) is 17.6 Å². The predicted octanol–water partition coefficient (Wildman–Crippen LogP) is 3.57. The minimum atomic E-state index is -0.0302. The lowest BCUT2D eigenvalue weighted by molar-refractivity contribution is -0.122. The molecule has 0 saturated heterocycles. The zero-order valence-electron chi connectivity index (χ0n) is 13.0. The fraction of sp³-hybridized carbons (Fsp3) is 0.562. The maximum absolute atomic E-state index is 12.1. The molecule has 1 fully saturated rings. The maximum Gasteiger partial charge on any atom is 0.220 e. The molecule has 0 spiro atoms. The van der Waals surface area contributed by atoms with Gasteiger partial charge in [-0.3, -0.25) is 4.79 Å². The van der Waals surface area contributed by atoms with E-state index in [0.717, 1.165) is 35.0 Å². The summed E-state index contributed by atoms with van der Waals surface area (Å²) in [6, 6.07) is 5.99. The second-order valence-corrected chi connectivity index (χ2v) is 6.60. The topological polar surface area (TPSA) is 64.3 Å². The predicted molar refractivity (Wildman–Crippen MR) is 94.4 cm³/mol. The van der Waals surface area contributed by atoms with E-state index < -0.39 is 0 Å². The van der Waals surface area contributed by atoms with Gasteiger partial charge in [-0.25, -0.2) is 0 Å². The van der Waals surface area contributed by atoms with Gasteiger partial charge in [0.2, 0.25) is 5.91 Å². The van der Waals surface area contributed by atoms with E-state index in [-0.39, 0.29) is 30.4 Å². The average molecular weight is 392 g/mol. The first kappa shape index (κ1) is 19.3. The molecule has 22 heavy (non-hydrogen) atoms. The van der Waals surface area contributed by atoms with Crippen LogP contribution < -0.4 is 15.8 Å². The largest absolute Gasteiger partial charge is 0.496 e. The van der Waals surface area contributed by atoms with E-state index in [1.54, 1.807) is 7.11 Å². The van der Waals surface area contributed by atoms with Crippen LogP contribution in [0.5, 0.6) is 5.75 Å². The number of nitrogens with two attached hydrogens (primary N) is 1. The Morgan fingerprint density at radius 1 is 1.50 bits per heavy atom. The molecular formula is C16H24BrClN2O2. The molecule has 0 heterocycles. The van der Waals surface area contributed by atoms with Crippen molar-refractivity contribution in [3.63, 3.8) is 0 Å². The van der Waals surface area contributed by atoms with Crippen molar-refractivity contribution in [2.75, 3.05) is 7.11 Å². The molecule has 1 unspecified atom stereocenters. The van der Waals surface area contributed by atoms with Crippen LogP contribution in [-0.4, -0.2) is 19.1 Å². The number of nitrogens with one attached hydrogen (secondary N) is 1. The van der Waals surface area contributed by atoms with Gasteiger partial charge in [0.15, 0.2) is 0 Å². The number of ether oxygens (including phenoxy) is 1. The molecule has 0 aliphatic heterocycles. The number of carbonyl (C=O) groups excluding carboxylic acids is 1. The van der Waals surface area contributed by atoms with E-state index in [1.807, 2.05) is 25.1 Å². The van der Waals surface area contributed by atoms with Crippen LogP contribution >= 0.6 is 28.3 Å². The van der Waals surface area contributed by atoms with Crippen molar-refractivity contribution in [1.82, 2.24) is 5.32 Å². The number of benzene rings is 1. The SMILES string of the molecule is COc1ccc(C(C)NC(=O)C[C@@H]2CCC[C@H]2N)cc1Br.Cl. The van der Waals surface area contributed by atoms with Crippen LogP contribution in [0.25, 0.3) is 0 Å². The lowest BCUT2D eigenvalue weighted by atomic mass is 9.99. The molecule has 0 radical (unpaired) electrons. The Balaban J connectivity index is 0.00000242. The molecule has 3 N–H and O–H groups in total. The Hall–Kier alpha value is -0.780. The minimum absolute atomic E-state index is 0. The number of rotatable bonds is 5. The Kier molecular flexibility index (Phi) is 7.66. The third-order valence-electron chi connectivity index (χ3n) is 4.22. The first-order chi connectivity index (χ1) is 10.0. The van der Waals surface area contributed by atoms with Gasteiger partial charge in [-0.05, 0) is 59.3 Å². The molecule has 6 heteroatoms.